The number of likely N-dealkylation sites (N-methyl/N-ethyl adjacent to an activating group) is 1. The highest BCUT2D eigenvalue weighted by Gasteiger charge is 2.34. The van der Waals surface area contributed by atoms with E-state index in [9.17, 15) is 13.2 Å². The largest absolute Gasteiger partial charge is 0.418 e. The number of rotatable bonds is 4. The molecule has 2 aromatic rings. The van der Waals surface area contributed by atoms with Gasteiger partial charge in [-0.1, -0.05) is 30.3 Å². The highest BCUT2D eigenvalue weighted by atomic mass is 19.4. The van der Waals surface area contributed by atoms with E-state index in [0.717, 1.165) is 11.6 Å². The van der Waals surface area contributed by atoms with E-state index < -0.39 is 11.7 Å². The molecule has 0 aliphatic carbocycles. The van der Waals surface area contributed by atoms with Crippen LogP contribution in [0.15, 0.2) is 48.5 Å². The molecule has 0 aliphatic heterocycles. The molecule has 0 fully saturated rings. The van der Waals surface area contributed by atoms with Gasteiger partial charge >= 0.3 is 6.18 Å². The quantitative estimate of drug-likeness (QED) is 0.865. The first-order valence-electron chi connectivity index (χ1n) is 6.59. The van der Waals surface area contributed by atoms with Gasteiger partial charge in [0.1, 0.15) is 0 Å². The summed E-state index contributed by atoms with van der Waals surface area (Å²) in [5.74, 6) is 0. The van der Waals surface area contributed by atoms with E-state index in [0.29, 0.717) is 13.0 Å². The van der Waals surface area contributed by atoms with Crippen LogP contribution in [-0.2, 0) is 12.6 Å². The molecule has 2 aromatic carbocycles. The lowest BCUT2D eigenvalue weighted by Crippen LogP contribution is -2.24. The molecule has 2 N–H and O–H groups in total. The number of benzene rings is 2. The minimum absolute atomic E-state index is 0.113. The predicted molar refractivity (Wildman–Crippen MR) is 79.3 cm³/mol. The van der Waals surface area contributed by atoms with Crippen LogP contribution in [0.2, 0.25) is 0 Å². The van der Waals surface area contributed by atoms with Gasteiger partial charge in [-0.25, -0.2) is 0 Å². The zero-order chi connectivity index (χ0) is 15.5. The van der Waals surface area contributed by atoms with E-state index >= 15 is 0 Å². The Bertz CT molecular complexity index is 594. The van der Waals surface area contributed by atoms with Crippen molar-refractivity contribution in [1.29, 1.82) is 0 Å². The summed E-state index contributed by atoms with van der Waals surface area (Å²) in [4.78, 5) is 1.61. The third kappa shape index (κ3) is 3.90. The van der Waals surface area contributed by atoms with Crippen LogP contribution in [0.5, 0.6) is 0 Å². The molecule has 0 aromatic heterocycles. The van der Waals surface area contributed by atoms with E-state index in [1.54, 1.807) is 11.9 Å². The molecule has 0 saturated heterocycles. The number of hydrogen-bond donors (Lipinski definition) is 1. The van der Waals surface area contributed by atoms with Crippen molar-refractivity contribution >= 4 is 11.4 Å². The Morgan fingerprint density at radius 3 is 2.33 bits per heavy atom. The molecule has 112 valence electrons. The third-order valence-electron chi connectivity index (χ3n) is 3.32. The number of nitrogen functional groups attached to an aromatic ring is 1. The van der Waals surface area contributed by atoms with Gasteiger partial charge in [0.2, 0.25) is 0 Å². The van der Waals surface area contributed by atoms with Crippen molar-refractivity contribution in [2.24, 2.45) is 0 Å². The molecule has 0 saturated carbocycles. The summed E-state index contributed by atoms with van der Waals surface area (Å²) in [5, 5.41) is 0. The van der Waals surface area contributed by atoms with Crippen LogP contribution in [0.1, 0.15) is 11.1 Å². The van der Waals surface area contributed by atoms with Gasteiger partial charge in [0, 0.05) is 25.0 Å². The molecule has 0 bridgehead atoms. The number of nitrogens with two attached hydrogens (primary N) is 1. The van der Waals surface area contributed by atoms with E-state index in [4.69, 9.17) is 5.73 Å². The Morgan fingerprint density at radius 1 is 1.05 bits per heavy atom. The zero-order valence-electron chi connectivity index (χ0n) is 11.7. The molecule has 0 aliphatic rings. The first kappa shape index (κ1) is 15.2. The number of halogens is 3. The van der Waals surface area contributed by atoms with E-state index in [1.807, 2.05) is 30.3 Å². The van der Waals surface area contributed by atoms with Crippen molar-refractivity contribution in [3.63, 3.8) is 0 Å². The summed E-state index contributed by atoms with van der Waals surface area (Å²) in [6.45, 7) is 0.497. The van der Waals surface area contributed by atoms with Crippen LogP contribution in [0.4, 0.5) is 24.5 Å². The van der Waals surface area contributed by atoms with Crippen molar-refractivity contribution in [2.75, 3.05) is 24.2 Å². The second-order valence-electron chi connectivity index (χ2n) is 4.93. The molecule has 0 radical (unpaired) electrons. The fourth-order valence-corrected chi connectivity index (χ4v) is 2.18. The maximum Gasteiger partial charge on any atom is 0.418 e. The van der Waals surface area contributed by atoms with Gasteiger partial charge in [0.05, 0.1) is 5.56 Å². The Balaban J connectivity index is 2.17. The second-order valence-corrected chi connectivity index (χ2v) is 4.93. The highest BCUT2D eigenvalue weighted by Crippen LogP contribution is 2.37. The lowest BCUT2D eigenvalue weighted by molar-refractivity contribution is -0.137. The molecular weight excluding hydrogens is 277 g/mol. The zero-order valence-corrected chi connectivity index (χ0v) is 11.7. The summed E-state index contributed by atoms with van der Waals surface area (Å²) in [6, 6.07) is 13.6. The Labute approximate surface area is 122 Å². The fourth-order valence-electron chi connectivity index (χ4n) is 2.18. The molecule has 0 amide bonds. The Hall–Kier alpha value is -2.17. The summed E-state index contributed by atoms with van der Waals surface area (Å²) in [5.41, 5.74) is 6.13. The molecule has 0 unspecified atom stereocenters. The standard InChI is InChI=1S/C16H17F3N2/c1-21(10-9-12-5-3-2-4-6-12)15-8-7-13(20)11-14(15)16(17,18)19/h2-8,11H,9-10,20H2,1H3. The minimum Gasteiger partial charge on any atom is -0.399 e. The Kier molecular flexibility index (Phi) is 4.40. The van der Waals surface area contributed by atoms with Gasteiger partial charge in [-0.05, 0) is 30.2 Å². The fraction of sp³-hybridized carbons (Fsp3) is 0.250. The van der Waals surface area contributed by atoms with E-state index in [1.165, 1.54) is 12.1 Å². The molecule has 0 atom stereocenters. The van der Waals surface area contributed by atoms with Crippen molar-refractivity contribution in [3.8, 4) is 0 Å². The SMILES string of the molecule is CN(CCc1ccccc1)c1ccc(N)cc1C(F)(F)F. The molecule has 2 nitrogen and oxygen atoms in total. The van der Waals surface area contributed by atoms with Gasteiger partial charge < -0.3 is 10.6 Å². The van der Waals surface area contributed by atoms with Crippen LogP contribution < -0.4 is 10.6 Å². The number of hydrogen-bond acceptors (Lipinski definition) is 2. The first-order chi connectivity index (χ1) is 9.88. The van der Waals surface area contributed by atoms with Crippen molar-refractivity contribution in [1.82, 2.24) is 0 Å². The summed E-state index contributed by atoms with van der Waals surface area (Å²) in [6.07, 6.45) is -3.73. The van der Waals surface area contributed by atoms with Crippen LogP contribution in [0, 0.1) is 0 Å². The summed E-state index contributed by atoms with van der Waals surface area (Å²) in [7, 11) is 1.66. The van der Waals surface area contributed by atoms with Gasteiger partial charge in [-0.3, -0.25) is 0 Å². The first-order valence-corrected chi connectivity index (χ1v) is 6.59. The highest BCUT2D eigenvalue weighted by molar-refractivity contribution is 5.60. The van der Waals surface area contributed by atoms with Gasteiger partial charge in [0.15, 0.2) is 0 Å². The molecule has 0 heterocycles. The monoisotopic (exact) mass is 294 g/mol. The second kappa shape index (κ2) is 6.08. The average molecular weight is 294 g/mol. The number of alkyl halides is 3. The van der Waals surface area contributed by atoms with Gasteiger partial charge in [-0.15, -0.1) is 0 Å². The lowest BCUT2D eigenvalue weighted by Gasteiger charge is -2.24. The molecular formula is C16H17F3N2. The van der Waals surface area contributed by atoms with Crippen molar-refractivity contribution in [3.05, 3.63) is 59.7 Å². The van der Waals surface area contributed by atoms with Crippen LogP contribution >= 0.6 is 0 Å². The summed E-state index contributed by atoms with van der Waals surface area (Å²) >= 11 is 0. The van der Waals surface area contributed by atoms with E-state index in [2.05, 4.69) is 0 Å². The minimum atomic E-state index is -4.41. The van der Waals surface area contributed by atoms with Gasteiger partial charge in [0.25, 0.3) is 0 Å². The average Bonchev–Trinajstić information content (AvgIpc) is 2.45. The third-order valence-corrected chi connectivity index (χ3v) is 3.32. The maximum atomic E-state index is 13.1. The molecule has 21 heavy (non-hydrogen) atoms. The lowest BCUT2D eigenvalue weighted by atomic mass is 10.1. The Morgan fingerprint density at radius 2 is 1.71 bits per heavy atom. The predicted octanol–water partition coefficient (Wildman–Crippen LogP) is 3.97. The smallest absolute Gasteiger partial charge is 0.399 e. The van der Waals surface area contributed by atoms with Gasteiger partial charge in [-0.2, -0.15) is 13.2 Å². The topological polar surface area (TPSA) is 29.3 Å². The number of nitrogens with zero attached hydrogens (tertiary/aromatic N) is 1. The molecule has 0 spiro atoms. The van der Waals surface area contributed by atoms with Crippen molar-refractivity contribution < 1.29 is 13.2 Å². The normalized spacial score (nSPS) is 11.4. The maximum absolute atomic E-state index is 13.1. The molecule has 2 rings (SSSR count). The van der Waals surface area contributed by atoms with Crippen LogP contribution in [0.25, 0.3) is 0 Å². The summed E-state index contributed by atoms with van der Waals surface area (Å²) < 4.78 is 39.2. The molecule has 5 heteroatoms. The van der Waals surface area contributed by atoms with Crippen LogP contribution in [0.3, 0.4) is 0 Å². The van der Waals surface area contributed by atoms with E-state index in [-0.39, 0.29) is 11.4 Å². The van der Waals surface area contributed by atoms with Crippen molar-refractivity contribution in [2.45, 2.75) is 12.6 Å². The number of anilines is 2. The van der Waals surface area contributed by atoms with Crippen LogP contribution in [-0.4, -0.2) is 13.6 Å².